The van der Waals surface area contributed by atoms with E-state index in [1.807, 2.05) is 36.4 Å². The number of hydrogen-bond donors (Lipinski definition) is 2. The molecule has 0 saturated heterocycles. The summed E-state index contributed by atoms with van der Waals surface area (Å²) in [6.07, 6.45) is 0. The zero-order valence-corrected chi connectivity index (χ0v) is 14.0. The highest BCUT2D eigenvalue weighted by Crippen LogP contribution is 2.20. The fourth-order valence-electron chi connectivity index (χ4n) is 2.10. The molecule has 0 unspecified atom stereocenters. The summed E-state index contributed by atoms with van der Waals surface area (Å²) < 4.78 is 0. The standard InChI is InChI=1S/C17H19ClN2S/c1-11-6-4-9-16(12(11)2)20-17(21)19-13(3)14-7-5-8-15(18)10-14/h4-10,13H,1-3H3,(H2,19,20,21)/t13-/m0/s1. The zero-order chi connectivity index (χ0) is 15.4. The van der Waals surface area contributed by atoms with Crippen molar-refractivity contribution < 1.29 is 0 Å². The van der Waals surface area contributed by atoms with Crippen molar-refractivity contribution in [2.45, 2.75) is 26.8 Å². The summed E-state index contributed by atoms with van der Waals surface area (Å²) in [6, 6.07) is 14.0. The Morgan fingerprint density at radius 1 is 1.14 bits per heavy atom. The van der Waals surface area contributed by atoms with E-state index in [2.05, 4.69) is 37.5 Å². The first-order chi connectivity index (χ1) is 9.97. The molecule has 2 nitrogen and oxygen atoms in total. The van der Waals surface area contributed by atoms with Gasteiger partial charge in [0.15, 0.2) is 5.11 Å². The van der Waals surface area contributed by atoms with Gasteiger partial charge in [-0.2, -0.15) is 0 Å². The second kappa shape index (κ2) is 6.92. The molecular weight excluding hydrogens is 300 g/mol. The molecule has 0 heterocycles. The molecule has 2 rings (SSSR count). The predicted octanol–water partition coefficient (Wildman–Crippen LogP) is 5.00. The van der Waals surface area contributed by atoms with Crippen molar-refractivity contribution in [1.29, 1.82) is 0 Å². The zero-order valence-electron chi connectivity index (χ0n) is 12.4. The lowest BCUT2D eigenvalue weighted by Crippen LogP contribution is -2.31. The second-order valence-electron chi connectivity index (χ2n) is 5.12. The number of halogens is 1. The molecule has 110 valence electrons. The lowest BCUT2D eigenvalue weighted by atomic mass is 10.1. The third-order valence-corrected chi connectivity index (χ3v) is 4.00. The summed E-state index contributed by atoms with van der Waals surface area (Å²) >= 11 is 11.4. The van der Waals surface area contributed by atoms with Crippen LogP contribution in [0.15, 0.2) is 42.5 Å². The summed E-state index contributed by atoms with van der Waals surface area (Å²) in [4.78, 5) is 0. The normalized spacial score (nSPS) is 11.8. The van der Waals surface area contributed by atoms with Crippen molar-refractivity contribution >= 4 is 34.6 Å². The van der Waals surface area contributed by atoms with Crippen LogP contribution >= 0.6 is 23.8 Å². The SMILES string of the molecule is Cc1cccc(NC(=S)N[C@@H](C)c2cccc(Cl)c2)c1C. The van der Waals surface area contributed by atoms with Crippen molar-refractivity contribution in [3.8, 4) is 0 Å². The Labute approximate surface area is 136 Å². The highest BCUT2D eigenvalue weighted by molar-refractivity contribution is 7.80. The van der Waals surface area contributed by atoms with E-state index in [9.17, 15) is 0 Å². The highest BCUT2D eigenvalue weighted by Gasteiger charge is 2.08. The first-order valence-electron chi connectivity index (χ1n) is 6.86. The number of anilines is 1. The molecule has 0 fully saturated rings. The van der Waals surface area contributed by atoms with E-state index >= 15 is 0 Å². The van der Waals surface area contributed by atoms with Gasteiger partial charge in [0.1, 0.15) is 0 Å². The summed E-state index contributed by atoms with van der Waals surface area (Å²) in [7, 11) is 0. The number of aryl methyl sites for hydroxylation is 1. The monoisotopic (exact) mass is 318 g/mol. The average Bonchev–Trinajstić information content (AvgIpc) is 2.44. The number of rotatable bonds is 3. The molecular formula is C17H19ClN2S. The van der Waals surface area contributed by atoms with Gasteiger partial charge in [0.05, 0.1) is 6.04 Å². The van der Waals surface area contributed by atoms with E-state index in [1.54, 1.807) is 0 Å². The number of hydrogen-bond acceptors (Lipinski definition) is 1. The Kier molecular flexibility index (Phi) is 5.21. The molecule has 2 aromatic rings. The van der Waals surface area contributed by atoms with Crippen molar-refractivity contribution in [2.75, 3.05) is 5.32 Å². The minimum atomic E-state index is 0.0915. The maximum atomic E-state index is 6.02. The second-order valence-corrected chi connectivity index (χ2v) is 5.97. The van der Waals surface area contributed by atoms with Crippen LogP contribution in [0.3, 0.4) is 0 Å². The minimum Gasteiger partial charge on any atom is -0.356 e. The van der Waals surface area contributed by atoms with E-state index in [1.165, 1.54) is 11.1 Å². The van der Waals surface area contributed by atoms with Crippen molar-refractivity contribution in [2.24, 2.45) is 0 Å². The molecule has 0 spiro atoms. The van der Waals surface area contributed by atoms with Gasteiger partial charge in [-0.25, -0.2) is 0 Å². The predicted molar refractivity (Wildman–Crippen MR) is 95.1 cm³/mol. The molecule has 2 N–H and O–H groups in total. The van der Waals surface area contributed by atoms with Gasteiger partial charge in [-0.05, 0) is 67.9 Å². The van der Waals surface area contributed by atoms with Crippen LogP contribution < -0.4 is 10.6 Å². The molecule has 0 amide bonds. The molecule has 21 heavy (non-hydrogen) atoms. The minimum absolute atomic E-state index is 0.0915. The molecule has 0 radical (unpaired) electrons. The Balaban J connectivity index is 2.03. The molecule has 0 bridgehead atoms. The molecule has 1 atom stereocenters. The Bertz CT molecular complexity index is 655. The third kappa shape index (κ3) is 4.19. The number of benzene rings is 2. The largest absolute Gasteiger partial charge is 0.356 e. The van der Waals surface area contributed by atoms with E-state index in [0.717, 1.165) is 16.3 Å². The fourth-order valence-corrected chi connectivity index (χ4v) is 2.59. The highest BCUT2D eigenvalue weighted by atomic mass is 35.5. The van der Waals surface area contributed by atoms with Crippen LogP contribution in [-0.2, 0) is 0 Å². The van der Waals surface area contributed by atoms with Gasteiger partial charge in [0, 0.05) is 10.7 Å². The van der Waals surface area contributed by atoms with Crippen molar-refractivity contribution in [3.05, 3.63) is 64.2 Å². The van der Waals surface area contributed by atoms with Crippen LogP contribution in [-0.4, -0.2) is 5.11 Å². The van der Waals surface area contributed by atoms with E-state index < -0.39 is 0 Å². The van der Waals surface area contributed by atoms with Crippen LogP contribution in [0.4, 0.5) is 5.69 Å². The van der Waals surface area contributed by atoms with Crippen LogP contribution in [0.2, 0.25) is 5.02 Å². The Morgan fingerprint density at radius 3 is 2.57 bits per heavy atom. The quantitative estimate of drug-likeness (QED) is 0.778. The number of thiocarbonyl (C=S) groups is 1. The maximum absolute atomic E-state index is 6.02. The smallest absolute Gasteiger partial charge is 0.171 e. The first kappa shape index (κ1) is 15.8. The molecule has 0 saturated carbocycles. The van der Waals surface area contributed by atoms with Crippen molar-refractivity contribution in [3.63, 3.8) is 0 Å². The first-order valence-corrected chi connectivity index (χ1v) is 7.65. The molecule has 0 aliphatic rings. The third-order valence-electron chi connectivity index (χ3n) is 3.55. The molecule has 4 heteroatoms. The van der Waals surface area contributed by atoms with Gasteiger partial charge in [0.2, 0.25) is 0 Å². The summed E-state index contributed by atoms with van der Waals surface area (Å²) in [5, 5.41) is 7.87. The molecule has 0 aliphatic heterocycles. The lowest BCUT2D eigenvalue weighted by Gasteiger charge is -2.19. The van der Waals surface area contributed by atoms with Crippen LogP contribution in [0, 0.1) is 13.8 Å². The van der Waals surface area contributed by atoms with E-state index in [0.29, 0.717) is 5.11 Å². The van der Waals surface area contributed by atoms with Crippen LogP contribution in [0.25, 0.3) is 0 Å². The van der Waals surface area contributed by atoms with Gasteiger partial charge in [-0.3, -0.25) is 0 Å². The fraction of sp³-hybridized carbons (Fsp3) is 0.235. The molecule has 0 aliphatic carbocycles. The van der Waals surface area contributed by atoms with Gasteiger partial charge in [-0.1, -0.05) is 35.9 Å². The summed E-state index contributed by atoms with van der Waals surface area (Å²) in [5.41, 5.74) is 4.58. The lowest BCUT2D eigenvalue weighted by molar-refractivity contribution is 0.722. The van der Waals surface area contributed by atoms with Gasteiger partial charge >= 0.3 is 0 Å². The molecule has 0 aromatic heterocycles. The van der Waals surface area contributed by atoms with Gasteiger partial charge in [0.25, 0.3) is 0 Å². The Hall–Kier alpha value is -1.58. The van der Waals surface area contributed by atoms with Gasteiger partial charge in [-0.15, -0.1) is 0 Å². The van der Waals surface area contributed by atoms with Crippen LogP contribution in [0.1, 0.15) is 29.7 Å². The van der Waals surface area contributed by atoms with Gasteiger partial charge < -0.3 is 10.6 Å². The summed E-state index contributed by atoms with van der Waals surface area (Å²) in [6.45, 7) is 6.23. The van der Waals surface area contributed by atoms with Crippen molar-refractivity contribution in [1.82, 2.24) is 5.32 Å². The average molecular weight is 319 g/mol. The van der Waals surface area contributed by atoms with Crippen LogP contribution in [0.5, 0.6) is 0 Å². The molecule has 2 aromatic carbocycles. The van der Waals surface area contributed by atoms with E-state index in [-0.39, 0.29) is 6.04 Å². The maximum Gasteiger partial charge on any atom is 0.171 e. The Morgan fingerprint density at radius 2 is 1.86 bits per heavy atom. The van der Waals surface area contributed by atoms with E-state index in [4.69, 9.17) is 23.8 Å². The number of nitrogens with one attached hydrogen (secondary N) is 2. The summed E-state index contributed by atoms with van der Waals surface area (Å²) in [5.74, 6) is 0. The topological polar surface area (TPSA) is 24.1 Å².